The molecule has 2 N–H and O–H groups in total. The largest absolute Gasteiger partial charge is 0.497 e. The molecule has 2 aromatic rings. The number of nitrogens with one attached hydrogen (secondary N) is 2. The molecule has 0 saturated heterocycles. The quantitative estimate of drug-likeness (QED) is 0.690. The fourth-order valence-corrected chi connectivity index (χ4v) is 3.85. The van der Waals surface area contributed by atoms with Crippen molar-refractivity contribution in [3.8, 4) is 5.75 Å². The van der Waals surface area contributed by atoms with Crippen LogP contribution in [-0.4, -0.2) is 34.5 Å². The second-order valence-corrected chi connectivity index (χ2v) is 7.78. The first kappa shape index (κ1) is 19.9. The van der Waals surface area contributed by atoms with E-state index in [2.05, 4.69) is 10.0 Å². The zero-order valence-electron chi connectivity index (χ0n) is 15.2. The minimum absolute atomic E-state index is 0.125. The Morgan fingerprint density at radius 2 is 1.85 bits per heavy atom. The molecule has 0 heterocycles. The molecule has 0 radical (unpaired) electrons. The van der Waals surface area contributed by atoms with E-state index in [9.17, 15) is 13.2 Å². The Balaban J connectivity index is 1.84. The zero-order chi connectivity index (χ0) is 19.2. The van der Waals surface area contributed by atoms with Crippen LogP contribution in [0, 0.1) is 13.8 Å². The van der Waals surface area contributed by atoms with Gasteiger partial charge in [0, 0.05) is 13.1 Å². The summed E-state index contributed by atoms with van der Waals surface area (Å²) in [5.41, 5.74) is 2.39. The molecule has 2 rings (SSSR count). The van der Waals surface area contributed by atoms with Crippen molar-refractivity contribution in [3.05, 3.63) is 59.2 Å². The average Bonchev–Trinajstić information content (AvgIpc) is 2.61. The van der Waals surface area contributed by atoms with Crippen LogP contribution >= 0.6 is 0 Å². The maximum absolute atomic E-state index is 12.4. The molecule has 7 heteroatoms. The molecular formula is C19H24N2O4S. The number of aryl methyl sites for hydroxylation is 2. The lowest BCUT2D eigenvalue weighted by atomic mass is 10.1. The topological polar surface area (TPSA) is 84.5 Å². The van der Waals surface area contributed by atoms with Crippen molar-refractivity contribution in [2.45, 2.75) is 25.2 Å². The van der Waals surface area contributed by atoms with Crippen molar-refractivity contribution in [1.82, 2.24) is 10.0 Å². The minimum atomic E-state index is -3.60. The van der Waals surface area contributed by atoms with E-state index in [1.54, 1.807) is 32.2 Å². The van der Waals surface area contributed by atoms with Crippen LogP contribution in [0.5, 0.6) is 5.75 Å². The monoisotopic (exact) mass is 376 g/mol. The van der Waals surface area contributed by atoms with E-state index < -0.39 is 10.0 Å². The van der Waals surface area contributed by atoms with Crippen LogP contribution < -0.4 is 14.8 Å². The molecule has 0 saturated carbocycles. The van der Waals surface area contributed by atoms with Gasteiger partial charge in [-0.25, -0.2) is 13.1 Å². The van der Waals surface area contributed by atoms with Crippen LogP contribution in [0.4, 0.5) is 0 Å². The Kier molecular flexibility index (Phi) is 6.76. The molecular weight excluding hydrogens is 352 g/mol. The third kappa shape index (κ3) is 5.57. The summed E-state index contributed by atoms with van der Waals surface area (Å²) in [4.78, 5) is 12.2. The number of carbonyl (C=O) groups is 1. The van der Waals surface area contributed by atoms with Crippen molar-refractivity contribution in [1.29, 1.82) is 0 Å². The van der Waals surface area contributed by atoms with Crippen LogP contribution in [0.2, 0.25) is 0 Å². The number of carbonyl (C=O) groups excluding carboxylic acids is 1. The molecule has 0 aliphatic heterocycles. The molecule has 140 valence electrons. The Bertz CT molecular complexity index is 879. The van der Waals surface area contributed by atoms with Crippen molar-refractivity contribution in [2.24, 2.45) is 0 Å². The Hall–Kier alpha value is -2.38. The molecule has 0 aromatic heterocycles. The van der Waals surface area contributed by atoms with Gasteiger partial charge < -0.3 is 10.1 Å². The standard InChI is InChI=1S/C19H24N2O4S/c1-14-7-8-15(2)18(11-14)26(23,24)21-10-9-20-19(22)13-16-5-4-6-17(12-16)25-3/h4-8,11-12,21H,9-10,13H2,1-3H3,(H,20,22). The first-order chi connectivity index (χ1) is 12.3. The number of amides is 1. The van der Waals surface area contributed by atoms with Crippen LogP contribution in [0.15, 0.2) is 47.4 Å². The summed E-state index contributed by atoms with van der Waals surface area (Å²) in [7, 11) is -2.03. The van der Waals surface area contributed by atoms with E-state index >= 15 is 0 Å². The van der Waals surface area contributed by atoms with E-state index in [0.717, 1.165) is 11.1 Å². The van der Waals surface area contributed by atoms with E-state index in [1.165, 1.54) is 0 Å². The van der Waals surface area contributed by atoms with Gasteiger partial charge >= 0.3 is 0 Å². The summed E-state index contributed by atoms with van der Waals surface area (Å²) >= 11 is 0. The SMILES string of the molecule is COc1cccc(CC(=O)NCCNS(=O)(=O)c2cc(C)ccc2C)c1. The van der Waals surface area contributed by atoms with Gasteiger partial charge in [-0.2, -0.15) is 0 Å². The fraction of sp³-hybridized carbons (Fsp3) is 0.316. The molecule has 26 heavy (non-hydrogen) atoms. The van der Waals surface area contributed by atoms with Gasteiger partial charge in [0.15, 0.2) is 0 Å². The molecule has 2 aromatic carbocycles. The number of hydrogen-bond donors (Lipinski definition) is 2. The van der Waals surface area contributed by atoms with Crippen molar-refractivity contribution >= 4 is 15.9 Å². The first-order valence-electron chi connectivity index (χ1n) is 8.28. The van der Waals surface area contributed by atoms with Crippen LogP contribution in [0.3, 0.4) is 0 Å². The third-order valence-corrected chi connectivity index (χ3v) is 5.47. The molecule has 0 spiro atoms. The van der Waals surface area contributed by atoms with Gasteiger partial charge in [-0.1, -0.05) is 24.3 Å². The summed E-state index contributed by atoms with van der Waals surface area (Å²) < 4.78 is 32.4. The average molecular weight is 376 g/mol. The van der Waals surface area contributed by atoms with Crippen molar-refractivity contribution in [3.63, 3.8) is 0 Å². The lowest BCUT2D eigenvalue weighted by molar-refractivity contribution is -0.120. The predicted octanol–water partition coefficient (Wildman–Crippen LogP) is 1.95. The highest BCUT2D eigenvalue weighted by atomic mass is 32.2. The van der Waals surface area contributed by atoms with Gasteiger partial charge in [0.2, 0.25) is 15.9 Å². The van der Waals surface area contributed by atoms with Crippen molar-refractivity contribution in [2.75, 3.05) is 20.2 Å². The van der Waals surface area contributed by atoms with Gasteiger partial charge in [0.1, 0.15) is 5.75 Å². The molecule has 0 atom stereocenters. The lowest BCUT2D eigenvalue weighted by Crippen LogP contribution is -2.35. The van der Waals surface area contributed by atoms with Gasteiger partial charge in [-0.05, 0) is 48.7 Å². The lowest BCUT2D eigenvalue weighted by Gasteiger charge is -2.11. The van der Waals surface area contributed by atoms with Gasteiger partial charge in [-0.3, -0.25) is 4.79 Å². The van der Waals surface area contributed by atoms with Gasteiger partial charge in [0.25, 0.3) is 0 Å². The van der Waals surface area contributed by atoms with E-state index in [-0.39, 0.29) is 30.3 Å². The van der Waals surface area contributed by atoms with Crippen LogP contribution in [0.25, 0.3) is 0 Å². The summed E-state index contributed by atoms with van der Waals surface area (Å²) in [5, 5.41) is 2.71. The third-order valence-electron chi connectivity index (χ3n) is 3.87. The predicted molar refractivity (Wildman–Crippen MR) is 101 cm³/mol. The van der Waals surface area contributed by atoms with Gasteiger partial charge in [-0.15, -0.1) is 0 Å². The number of hydrogen-bond acceptors (Lipinski definition) is 4. The second-order valence-electron chi connectivity index (χ2n) is 6.04. The molecule has 0 aliphatic rings. The highest BCUT2D eigenvalue weighted by Gasteiger charge is 2.16. The summed E-state index contributed by atoms with van der Waals surface area (Å²) in [6, 6.07) is 12.5. The number of benzene rings is 2. The first-order valence-corrected chi connectivity index (χ1v) is 9.76. The fourth-order valence-electron chi connectivity index (χ4n) is 2.49. The number of methoxy groups -OCH3 is 1. The molecule has 0 aliphatic carbocycles. The maximum Gasteiger partial charge on any atom is 0.240 e. The van der Waals surface area contributed by atoms with Crippen LogP contribution in [-0.2, 0) is 21.2 Å². The highest BCUT2D eigenvalue weighted by molar-refractivity contribution is 7.89. The van der Waals surface area contributed by atoms with Crippen LogP contribution in [0.1, 0.15) is 16.7 Å². The van der Waals surface area contributed by atoms with Gasteiger partial charge in [0.05, 0.1) is 18.4 Å². The number of rotatable bonds is 8. The molecule has 0 bridgehead atoms. The number of sulfonamides is 1. The Morgan fingerprint density at radius 3 is 2.58 bits per heavy atom. The Labute approximate surface area is 154 Å². The zero-order valence-corrected chi connectivity index (χ0v) is 16.0. The number of ether oxygens (including phenoxy) is 1. The van der Waals surface area contributed by atoms with E-state index in [0.29, 0.717) is 11.3 Å². The van der Waals surface area contributed by atoms with E-state index in [4.69, 9.17) is 4.74 Å². The normalized spacial score (nSPS) is 11.2. The summed E-state index contributed by atoms with van der Waals surface area (Å²) in [5.74, 6) is 0.515. The summed E-state index contributed by atoms with van der Waals surface area (Å²) in [6.45, 7) is 3.94. The molecule has 0 fully saturated rings. The second kappa shape index (κ2) is 8.82. The minimum Gasteiger partial charge on any atom is -0.497 e. The Morgan fingerprint density at radius 1 is 1.08 bits per heavy atom. The molecule has 0 unspecified atom stereocenters. The van der Waals surface area contributed by atoms with E-state index in [1.807, 2.05) is 31.2 Å². The van der Waals surface area contributed by atoms with Crippen molar-refractivity contribution < 1.29 is 17.9 Å². The maximum atomic E-state index is 12.4. The molecule has 6 nitrogen and oxygen atoms in total. The molecule has 1 amide bonds. The smallest absolute Gasteiger partial charge is 0.240 e. The summed E-state index contributed by atoms with van der Waals surface area (Å²) in [6.07, 6.45) is 0.209. The highest BCUT2D eigenvalue weighted by Crippen LogP contribution is 2.16.